The number of carbonyl (C=O) groups is 1. The van der Waals surface area contributed by atoms with Crippen molar-refractivity contribution in [2.24, 2.45) is 0 Å². The van der Waals surface area contributed by atoms with E-state index < -0.39 is 5.97 Å². The van der Waals surface area contributed by atoms with Gasteiger partial charge in [0.15, 0.2) is 5.82 Å². The highest BCUT2D eigenvalue weighted by Gasteiger charge is 2.11. The average Bonchev–Trinajstić information content (AvgIpc) is 2.88. The van der Waals surface area contributed by atoms with Gasteiger partial charge in [-0.25, -0.2) is 9.78 Å². The van der Waals surface area contributed by atoms with E-state index in [0.717, 1.165) is 13.0 Å². The summed E-state index contributed by atoms with van der Waals surface area (Å²) in [6.07, 6.45) is 2.24. The predicted molar refractivity (Wildman–Crippen MR) is 76.9 cm³/mol. The van der Waals surface area contributed by atoms with Crippen molar-refractivity contribution in [3.63, 3.8) is 0 Å². The summed E-state index contributed by atoms with van der Waals surface area (Å²) in [4.78, 5) is 18.2. The van der Waals surface area contributed by atoms with Gasteiger partial charge < -0.3 is 15.7 Å². The van der Waals surface area contributed by atoms with Crippen LogP contribution in [0.4, 0.5) is 11.5 Å². The standard InChI is InChI=1S/C13H15N3O2S/c1-16(5-4-10-3-2-6-19-10)12-11(14)7-9(8-15-12)13(17)18/h2-3,6-8H,4-5,14H2,1H3,(H,17,18). The lowest BCUT2D eigenvalue weighted by molar-refractivity contribution is 0.0696. The first-order valence-electron chi connectivity index (χ1n) is 5.80. The van der Waals surface area contributed by atoms with Crippen LogP contribution in [0.25, 0.3) is 0 Å². The minimum absolute atomic E-state index is 0.105. The molecule has 0 saturated heterocycles. The fraction of sp³-hybridized carbons (Fsp3) is 0.231. The number of nitrogens with zero attached hydrogens (tertiary/aromatic N) is 2. The lowest BCUT2D eigenvalue weighted by Crippen LogP contribution is -2.22. The molecule has 2 aromatic heterocycles. The molecule has 0 spiro atoms. The normalized spacial score (nSPS) is 10.4. The molecular formula is C13H15N3O2S. The highest BCUT2D eigenvalue weighted by atomic mass is 32.1. The fourth-order valence-electron chi connectivity index (χ4n) is 1.75. The van der Waals surface area contributed by atoms with Crippen LogP contribution in [0, 0.1) is 0 Å². The number of nitrogen functional groups attached to an aromatic ring is 1. The molecule has 0 saturated carbocycles. The van der Waals surface area contributed by atoms with E-state index in [-0.39, 0.29) is 5.56 Å². The van der Waals surface area contributed by atoms with Gasteiger partial charge in [-0.05, 0) is 23.9 Å². The maximum absolute atomic E-state index is 10.8. The molecule has 0 fully saturated rings. The Balaban J connectivity index is 2.06. The van der Waals surface area contributed by atoms with E-state index in [2.05, 4.69) is 11.1 Å². The molecule has 0 unspecified atom stereocenters. The molecule has 3 N–H and O–H groups in total. The van der Waals surface area contributed by atoms with Gasteiger partial charge in [-0.2, -0.15) is 0 Å². The molecule has 19 heavy (non-hydrogen) atoms. The van der Waals surface area contributed by atoms with Crippen molar-refractivity contribution in [1.29, 1.82) is 0 Å². The monoisotopic (exact) mass is 277 g/mol. The average molecular weight is 277 g/mol. The molecule has 2 heterocycles. The van der Waals surface area contributed by atoms with Crippen LogP contribution < -0.4 is 10.6 Å². The van der Waals surface area contributed by atoms with E-state index in [4.69, 9.17) is 10.8 Å². The van der Waals surface area contributed by atoms with Crippen LogP contribution in [0.3, 0.4) is 0 Å². The van der Waals surface area contributed by atoms with Crippen molar-refractivity contribution in [2.75, 3.05) is 24.2 Å². The molecule has 0 aliphatic carbocycles. The molecule has 0 bridgehead atoms. The molecule has 0 radical (unpaired) electrons. The molecule has 100 valence electrons. The van der Waals surface area contributed by atoms with E-state index in [1.165, 1.54) is 17.1 Å². The molecule has 0 aromatic carbocycles. The number of carboxylic acid groups (broad SMARTS) is 1. The number of anilines is 2. The van der Waals surface area contributed by atoms with Gasteiger partial charge in [-0.1, -0.05) is 6.07 Å². The molecule has 2 rings (SSSR count). The summed E-state index contributed by atoms with van der Waals surface area (Å²) in [5.74, 6) is -0.409. The topological polar surface area (TPSA) is 79.5 Å². The highest BCUT2D eigenvalue weighted by Crippen LogP contribution is 2.20. The SMILES string of the molecule is CN(CCc1cccs1)c1ncc(C(=O)O)cc1N. The van der Waals surface area contributed by atoms with Crippen LogP contribution >= 0.6 is 11.3 Å². The third-order valence-corrected chi connectivity index (χ3v) is 3.71. The molecule has 2 aromatic rings. The second-order valence-electron chi connectivity index (χ2n) is 4.19. The Bertz CT molecular complexity index is 569. The number of aromatic nitrogens is 1. The number of nitrogens with two attached hydrogens (primary N) is 1. The molecule has 0 amide bonds. The number of rotatable bonds is 5. The summed E-state index contributed by atoms with van der Waals surface area (Å²) in [5.41, 5.74) is 6.33. The third-order valence-electron chi connectivity index (χ3n) is 2.78. The van der Waals surface area contributed by atoms with Gasteiger partial charge in [-0.3, -0.25) is 0 Å². The number of hydrogen-bond donors (Lipinski definition) is 2. The second-order valence-corrected chi connectivity index (χ2v) is 5.23. The number of pyridine rings is 1. The van der Waals surface area contributed by atoms with E-state index in [1.54, 1.807) is 11.3 Å². The Kier molecular flexibility index (Phi) is 4.01. The maximum Gasteiger partial charge on any atom is 0.337 e. The van der Waals surface area contributed by atoms with Crippen molar-refractivity contribution in [2.45, 2.75) is 6.42 Å². The zero-order valence-electron chi connectivity index (χ0n) is 10.5. The van der Waals surface area contributed by atoms with Crippen molar-refractivity contribution in [3.05, 3.63) is 40.2 Å². The van der Waals surface area contributed by atoms with Crippen LogP contribution in [0.5, 0.6) is 0 Å². The fourth-order valence-corrected chi connectivity index (χ4v) is 2.45. The number of hydrogen-bond acceptors (Lipinski definition) is 5. The maximum atomic E-state index is 10.8. The Labute approximate surface area is 115 Å². The van der Waals surface area contributed by atoms with E-state index in [0.29, 0.717) is 11.5 Å². The summed E-state index contributed by atoms with van der Waals surface area (Å²) in [6, 6.07) is 5.55. The summed E-state index contributed by atoms with van der Waals surface area (Å²) in [5, 5.41) is 10.9. The lowest BCUT2D eigenvalue weighted by Gasteiger charge is -2.19. The second kappa shape index (κ2) is 5.71. The number of thiophene rings is 1. The van der Waals surface area contributed by atoms with Gasteiger partial charge in [0.25, 0.3) is 0 Å². The van der Waals surface area contributed by atoms with E-state index in [9.17, 15) is 4.79 Å². The van der Waals surface area contributed by atoms with Crippen LogP contribution in [-0.2, 0) is 6.42 Å². The zero-order valence-corrected chi connectivity index (χ0v) is 11.4. The Morgan fingerprint density at radius 2 is 2.37 bits per heavy atom. The molecule has 0 aliphatic rings. The molecule has 0 aliphatic heterocycles. The lowest BCUT2D eigenvalue weighted by atomic mass is 10.2. The van der Waals surface area contributed by atoms with Crippen LogP contribution in [-0.4, -0.2) is 29.7 Å². The van der Waals surface area contributed by atoms with E-state index >= 15 is 0 Å². The highest BCUT2D eigenvalue weighted by molar-refractivity contribution is 7.09. The molecule has 6 heteroatoms. The van der Waals surface area contributed by atoms with Gasteiger partial charge in [0.05, 0.1) is 11.3 Å². The van der Waals surface area contributed by atoms with Gasteiger partial charge >= 0.3 is 5.97 Å². The predicted octanol–water partition coefficient (Wildman–Crippen LogP) is 2.10. The first-order chi connectivity index (χ1) is 9.08. The van der Waals surface area contributed by atoms with Crippen LogP contribution in [0.1, 0.15) is 15.2 Å². The number of aromatic carboxylic acids is 1. The van der Waals surface area contributed by atoms with Crippen molar-refractivity contribution in [1.82, 2.24) is 4.98 Å². The Hall–Kier alpha value is -2.08. The summed E-state index contributed by atoms with van der Waals surface area (Å²) >= 11 is 1.71. The van der Waals surface area contributed by atoms with Gasteiger partial charge in [0, 0.05) is 24.7 Å². The van der Waals surface area contributed by atoms with Gasteiger partial charge in [-0.15, -0.1) is 11.3 Å². The van der Waals surface area contributed by atoms with Crippen molar-refractivity contribution >= 4 is 28.8 Å². The number of carboxylic acids is 1. The first-order valence-corrected chi connectivity index (χ1v) is 6.68. The molecule has 0 atom stereocenters. The molecular weight excluding hydrogens is 262 g/mol. The minimum atomic E-state index is -1.02. The Morgan fingerprint density at radius 1 is 1.58 bits per heavy atom. The van der Waals surface area contributed by atoms with Crippen molar-refractivity contribution in [3.8, 4) is 0 Å². The molecule has 5 nitrogen and oxygen atoms in total. The zero-order chi connectivity index (χ0) is 13.8. The van der Waals surface area contributed by atoms with Crippen LogP contribution in [0.15, 0.2) is 29.8 Å². The summed E-state index contributed by atoms with van der Waals surface area (Å²) in [7, 11) is 1.90. The van der Waals surface area contributed by atoms with Crippen molar-refractivity contribution < 1.29 is 9.90 Å². The van der Waals surface area contributed by atoms with Crippen LogP contribution in [0.2, 0.25) is 0 Å². The number of likely N-dealkylation sites (N-methyl/N-ethyl adjacent to an activating group) is 1. The quantitative estimate of drug-likeness (QED) is 0.875. The minimum Gasteiger partial charge on any atom is -0.478 e. The van der Waals surface area contributed by atoms with E-state index in [1.807, 2.05) is 23.4 Å². The van der Waals surface area contributed by atoms with Gasteiger partial charge in [0.1, 0.15) is 0 Å². The third kappa shape index (κ3) is 3.23. The largest absolute Gasteiger partial charge is 0.478 e. The van der Waals surface area contributed by atoms with Gasteiger partial charge in [0.2, 0.25) is 0 Å². The smallest absolute Gasteiger partial charge is 0.337 e. The summed E-state index contributed by atoms with van der Waals surface area (Å²) < 4.78 is 0. The summed E-state index contributed by atoms with van der Waals surface area (Å²) in [6.45, 7) is 0.782. The Morgan fingerprint density at radius 3 is 2.95 bits per heavy atom. The first kappa shape index (κ1) is 13.4.